The fraction of sp³-hybridized carbons (Fsp3) is 0.364. The minimum absolute atomic E-state index is 0.343. The number of hydrogen-bond acceptors (Lipinski definition) is 7. The van der Waals surface area contributed by atoms with Crippen LogP contribution in [-0.4, -0.2) is 46.1 Å². The Hall–Kier alpha value is -3.62. The first-order valence-electron chi connectivity index (χ1n) is 10.5. The van der Waals surface area contributed by atoms with Crippen molar-refractivity contribution in [1.29, 1.82) is 0 Å². The zero-order valence-electron chi connectivity index (χ0n) is 17.9. The molecule has 1 aliphatic rings. The molecule has 1 saturated carbocycles. The first-order valence-corrected chi connectivity index (χ1v) is 10.5. The van der Waals surface area contributed by atoms with E-state index in [0.717, 1.165) is 35.0 Å². The lowest BCUT2D eigenvalue weighted by atomic mass is 10.0. The molecule has 4 aromatic rings. The van der Waals surface area contributed by atoms with E-state index in [4.69, 9.17) is 4.99 Å². The van der Waals surface area contributed by atoms with Crippen molar-refractivity contribution < 1.29 is 0 Å². The quantitative estimate of drug-likeness (QED) is 0.464. The topological polar surface area (TPSA) is 98.2 Å². The second kappa shape index (κ2) is 7.90. The molecule has 0 aliphatic heterocycles. The molecule has 158 valence electrons. The molecule has 0 radical (unpaired) electrons. The number of aliphatic imine (C=N–C) groups is 1. The second-order valence-electron chi connectivity index (χ2n) is 8.10. The molecule has 0 bridgehead atoms. The summed E-state index contributed by atoms with van der Waals surface area (Å²) in [6.07, 6.45) is 8.74. The smallest absolute Gasteiger partial charge is 0.228 e. The van der Waals surface area contributed by atoms with Crippen LogP contribution in [0.5, 0.6) is 0 Å². The number of rotatable bonds is 7. The third kappa shape index (κ3) is 4.16. The summed E-state index contributed by atoms with van der Waals surface area (Å²) in [5.74, 6) is 2.63. The lowest BCUT2D eigenvalue weighted by Crippen LogP contribution is -2.13. The summed E-state index contributed by atoms with van der Waals surface area (Å²) in [5, 5.41) is 16.2. The van der Waals surface area contributed by atoms with E-state index >= 15 is 0 Å². The van der Waals surface area contributed by atoms with Crippen molar-refractivity contribution in [3.05, 3.63) is 48.7 Å². The largest absolute Gasteiger partial charge is 0.309 e. The van der Waals surface area contributed by atoms with Gasteiger partial charge in [-0.25, -0.2) is 9.97 Å². The lowest BCUT2D eigenvalue weighted by Gasteiger charge is -2.10. The van der Waals surface area contributed by atoms with E-state index in [0.29, 0.717) is 17.9 Å². The van der Waals surface area contributed by atoms with Crippen LogP contribution in [0.15, 0.2) is 47.8 Å². The minimum Gasteiger partial charge on any atom is -0.309 e. The van der Waals surface area contributed by atoms with Gasteiger partial charge in [-0.2, -0.15) is 5.10 Å². The zero-order valence-corrected chi connectivity index (χ0v) is 17.9. The first kappa shape index (κ1) is 19.3. The number of nitrogens with one attached hydrogen (secondary N) is 1. The Labute approximate surface area is 180 Å². The third-order valence-corrected chi connectivity index (χ3v) is 5.63. The molecule has 1 fully saturated rings. The highest BCUT2D eigenvalue weighted by Crippen LogP contribution is 2.25. The van der Waals surface area contributed by atoms with E-state index in [-0.39, 0.29) is 0 Å². The molecule has 5 rings (SSSR count). The maximum absolute atomic E-state index is 4.78. The van der Waals surface area contributed by atoms with Crippen LogP contribution in [0.1, 0.15) is 32.5 Å². The number of pyridine rings is 1. The summed E-state index contributed by atoms with van der Waals surface area (Å²) in [6.45, 7) is 4.32. The molecule has 1 atom stereocenters. The normalized spacial score (nSPS) is 15.4. The molecule has 4 heterocycles. The molecule has 0 saturated heterocycles. The van der Waals surface area contributed by atoms with Gasteiger partial charge in [0.2, 0.25) is 5.95 Å². The van der Waals surface area contributed by atoms with Gasteiger partial charge in [-0.3, -0.25) is 14.1 Å². The summed E-state index contributed by atoms with van der Waals surface area (Å²) >= 11 is 0. The molecule has 0 spiro atoms. The van der Waals surface area contributed by atoms with Crippen molar-refractivity contribution in [3.8, 4) is 11.3 Å². The van der Waals surface area contributed by atoms with Gasteiger partial charge in [-0.1, -0.05) is 6.92 Å². The van der Waals surface area contributed by atoms with E-state index in [1.165, 1.54) is 18.6 Å². The Bertz CT molecular complexity index is 1250. The van der Waals surface area contributed by atoms with Gasteiger partial charge in [0, 0.05) is 49.1 Å². The van der Waals surface area contributed by atoms with Gasteiger partial charge in [0.05, 0.1) is 17.9 Å². The average Bonchev–Trinajstić information content (AvgIpc) is 3.37. The van der Waals surface area contributed by atoms with Gasteiger partial charge >= 0.3 is 0 Å². The molecule has 9 nitrogen and oxygen atoms in total. The predicted octanol–water partition coefficient (Wildman–Crippen LogP) is 3.47. The monoisotopic (exact) mass is 415 g/mol. The fourth-order valence-corrected chi connectivity index (χ4v) is 3.47. The minimum atomic E-state index is 0.343. The Morgan fingerprint density at radius 2 is 2.10 bits per heavy atom. The van der Waals surface area contributed by atoms with Gasteiger partial charge in [-0.15, -0.1) is 10.2 Å². The highest BCUT2D eigenvalue weighted by Gasteiger charge is 2.22. The molecular weight excluding hydrogens is 390 g/mol. The Balaban J connectivity index is 1.37. The van der Waals surface area contributed by atoms with Crippen LogP contribution in [0.2, 0.25) is 0 Å². The molecule has 0 amide bonds. The molecule has 4 aromatic heterocycles. The highest BCUT2D eigenvalue weighted by atomic mass is 15.3. The van der Waals surface area contributed by atoms with Crippen molar-refractivity contribution in [1.82, 2.24) is 34.3 Å². The fourth-order valence-electron chi connectivity index (χ4n) is 3.47. The molecule has 0 aromatic carbocycles. The summed E-state index contributed by atoms with van der Waals surface area (Å²) in [7, 11) is 1.86. The number of aryl methyl sites for hydroxylation is 1. The van der Waals surface area contributed by atoms with Crippen molar-refractivity contribution in [3.63, 3.8) is 0 Å². The first-order chi connectivity index (χ1) is 15.1. The number of fused-ring (bicyclic) bond motifs is 1. The average molecular weight is 416 g/mol. The summed E-state index contributed by atoms with van der Waals surface area (Å²) in [5.41, 5.74) is 3.77. The molecule has 1 aliphatic carbocycles. The maximum atomic E-state index is 4.78. The summed E-state index contributed by atoms with van der Waals surface area (Å²) in [6, 6.07) is 8.34. The summed E-state index contributed by atoms with van der Waals surface area (Å²) < 4.78 is 3.78. The van der Waals surface area contributed by atoms with Gasteiger partial charge in [-0.05, 0) is 38.0 Å². The standard InChI is InChI=1S/C22H25N9/c1-14(15(2)25-17-4-5-17)12-20-28-29-21-13-16(8-11-31(20)21)18-6-9-23-22(26-18)27-19-7-10-24-30(19)3/h6-11,13-14,17H,4-5,12H2,1-3H3,(H,23,26,27). The van der Waals surface area contributed by atoms with E-state index in [1.54, 1.807) is 17.1 Å². The van der Waals surface area contributed by atoms with Crippen molar-refractivity contribution >= 4 is 23.1 Å². The summed E-state index contributed by atoms with van der Waals surface area (Å²) in [4.78, 5) is 13.7. The van der Waals surface area contributed by atoms with Crippen molar-refractivity contribution in [2.45, 2.75) is 39.2 Å². The van der Waals surface area contributed by atoms with Crippen molar-refractivity contribution in [2.24, 2.45) is 18.0 Å². The van der Waals surface area contributed by atoms with Crippen LogP contribution < -0.4 is 5.32 Å². The predicted molar refractivity (Wildman–Crippen MR) is 120 cm³/mol. The number of nitrogens with zero attached hydrogens (tertiary/aromatic N) is 8. The molecule has 31 heavy (non-hydrogen) atoms. The van der Waals surface area contributed by atoms with E-state index < -0.39 is 0 Å². The zero-order chi connectivity index (χ0) is 21.4. The number of hydrogen-bond donors (Lipinski definition) is 1. The van der Waals surface area contributed by atoms with E-state index in [2.05, 4.69) is 44.4 Å². The van der Waals surface area contributed by atoms with Crippen LogP contribution in [0.25, 0.3) is 16.9 Å². The number of anilines is 2. The van der Waals surface area contributed by atoms with Gasteiger partial charge < -0.3 is 5.32 Å². The van der Waals surface area contributed by atoms with Crippen LogP contribution in [-0.2, 0) is 13.5 Å². The van der Waals surface area contributed by atoms with Crippen LogP contribution in [0.3, 0.4) is 0 Å². The Morgan fingerprint density at radius 1 is 1.23 bits per heavy atom. The van der Waals surface area contributed by atoms with Gasteiger partial charge in [0.1, 0.15) is 11.6 Å². The Morgan fingerprint density at radius 3 is 2.87 bits per heavy atom. The van der Waals surface area contributed by atoms with Gasteiger partial charge in [0.25, 0.3) is 0 Å². The third-order valence-electron chi connectivity index (χ3n) is 5.63. The molecular formula is C22H25N9. The molecule has 9 heteroatoms. The lowest BCUT2D eigenvalue weighted by molar-refractivity contribution is 0.706. The van der Waals surface area contributed by atoms with Crippen LogP contribution >= 0.6 is 0 Å². The van der Waals surface area contributed by atoms with Crippen molar-refractivity contribution in [2.75, 3.05) is 5.32 Å². The highest BCUT2D eigenvalue weighted by molar-refractivity contribution is 5.84. The number of aromatic nitrogens is 7. The second-order valence-corrected chi connectivity index (χ2v) is 8.10. The van der Waals surface area contributed by atoms with Crippen LogP contribution in [0, 0.1) is 5.92 Å². The van der Waals surface area contributed by atoms with E-state index in [9.17, 15) is 0 Å². The SMILES string of the molecule is CC(=NC1CC1)C(C)Cc1nnc2cc(-c3ccnc(Nc4ccnn4C)n3)ccn12. The van der Waals surface area contributed by atoms with Crippen LogP contribution in [0.4, 0.5) is 11.8 Å². The van der Waals surface area contributed by atoms with E-state index in [1.807, 2.05) is 41.9 Å². The maximum Gasteiger partial charge on any atom is 0.228 e. The molecule has 1 N–H and O–H groups in total. The Kier molecular flexibility index (Phi) is 4.93. The van der Waals surface area contributed by atoms with Gasteiger partial charge in [0.15, 0.2) is 5.65 Å². The molecule has 1 unspecified atom stereocenters.